The van der Waals surface area contributed by atoms with Crippen molar-refractivity contribution in [3.05, 3.63) is 235 Å². The van der Waals surface area contributed by atoms with E-state index in [1.165, 1.54) is 127 Å². The highest BCUT2D eigenvalue weighted by molar-refractivity contribution is 6.10. The number of pyridine rings is 1. The number of fused-ring (bicyclic) bond motifs is 12. The molecule has 0 N–H and O–H groups in total. The van der Waals surface area contributed by atoms with Crippen molar-refractivity contribution >= 4 is 43.6 Å². The molecule has 0 saturated carbocycles. The van der Waals surface area contributed by atoms with Crippen molar-refractivity contribution in [2.75, 3.05) is 0 Å². The first-order valence-electron chi connectivity index (χ1n) is 24.6. The fraction of sp³-hybridized carbons (Fsp3) is 0.106. The van der Waals surface area contributed by atoms with Crippen LogP contribution in [0.25, 0.3) is 111 Å². The number of hydrogen-bond donors (Lipinski definition) is 0. The van der Waals surface area contributed by atoms with Crippen LogP contribution in [-0.2, 0) is 31.3 Å². The molecule has 0 bridgehead atoms. The molecular formula is C66H49N3. The van der Waals surface area contributed by atoms with Crippen molar-refractivity contribution in [3.63, 3.8) is 0 Å². The predicted molar refractivity (Wildman–Crippen MR) is 289 cm³/mol. The maximum Gasteiger partial charge on any atom is 0.0702 e. The van der Waals surface area contributed by atoms with Crippen LogP contribution in [0.2, 0.25) is 0 Å². The molecule has 69 heavy (non-hydrogen) atoms. The lowest BCUT2D eigenvalue weighted by Crippen LogP contribution is -2.26. The molecule has 0 radical (unpaired) electrons. The van der Waals surface area contributed by atoms with E-state index in [0.29, 0.717) is 0 Å². The van der Waals surface area contributed by atoms with Gasteiger partial charge in [0, 0.05) is 73.9 Å². The van der Waals surface area contributed by atoms with E-state index < -0.39 is 0 Å². The molecule has 12 aromatic rings. The van der Waals surface area contributed by atoms with Gasteiger partial charge in [-0.3, -0.25) is 4.98 Å². The molecule has 3 heteroatoms. The lowest BCUT2D eigenvalue weighted by molar-refractivity contribution is 0.564. The molecule has 0 unspecified atom stereocenters. The lowest BCUT2D eigenvalue weighted by atomic mass is 9.74. The maximum absolute atomic E-state index is 4.73. The quantitative estimate of drug-likeness (QED) is 0.156. The van der Waals surface area contributed by atoms with Crippen LogP contribution in [0.5, 0.6) is 0 Å². The summed E-state index contributed by atoms with van der Waals surface area (Å²) in [4.78, 5) is 4.73. The summed E-state index contributed by atoms with van der Waals surface area (Å²) in [6, 6.07) is 77.7. The van der Waals surface area contributed by atoms with Gasteiger partial charge in [-0.15, -0.1) is 0 Å². The van der Waals surface area contributed by atoms with Gasteiger partial charge in [0.05, 0.1) is 5.69 Å². The minimum absolute atomic E-state index is 0.193. The van der Waals surface area contributed by atoms with Gasteiger partial charge >= 0.3 is 0 Å². The fourth-order valence-corrected chi connectivity index (χ4v) is 12.5. The van der Waals surface area contributed by atoms with E-state index in [0.717, 1.165) is 31.6 Å². The number of para-hydroxylation sites is 2. The van der Waals surface area contributed by atoms with E-state index in [1.807, 2.05) is 12.3 Å². The molecule has 0 aliphatic heterocycles. The van der Waals surface area contributed by atoms with Gasteiger partial charge in [-0.25, -0.2) is 0 Å². The van der Waals surface area contributed by atoms with Crippen LogP contribution in [0.4, 0.5) is 0 Å². The summed E-state index contributed by atoms with van der Waals surface area (Å²) in [5.74, 6) is 0. The number of aromatic nitrogens is 3. The van der Waals surface area contributed by atoms with Crippen molar-refractivity contribution in [2.24, 2.45) is 0 Å². The largest absolute Gasteiger partial charge is 0.341 e. The second kappa shape index (κ2) is 15.4. The van der Waals surface area contributed by atoms with E-state index in [-0.39, 0.29) is 5.41 Å². The monoisotopic (exact) mass is 883 g/mol. The zero-order chi connectivity index (χ0) is 45.8. The zero-order valence-electron chi connectivity index (χ0n) is 38.9. The van der Waals surface area contributed by atoms with Gasteiger partial charge in [-0.05, 0) is 171 Å². The fourth-order valence-electron chi connectivity index (χ4n) is 12.5. The second-order valence-corrected chi connectivity index (χ2v) is 19.3. The number of nitrogens with zero attached hydrogens (tertiary/aromatic N) is 3. The molecule has 9 aromatic carbocycles. The third kappa shape index (κ3) is 6.09. The summed E-state index contributed by atoms with van der Waals surface area (Å²) in [7, 11) is 0. The van der Waals surface area contributed by atoms with Crippen molar-refractivity contribution in [2.45, 2.75) is 45.2 Å². The summed E-state index contributed by atoms with van der Waals surface area (Å²) in [6.45, 7) is 6.36. The second-order valence-electron chi connectivity index (χ2n) is 19.3. The van der Waals surface area contributed by atoms with Gasteiger partial charge in [0.2, 0.25) is 0 Å². The van der Waals surface area contributed by atoms with E-state index in [1.54, 1.807) is 0 Å². The normalized spacial score (nSPS) is 13.5. The Morgan fingerprint density at radius 1 is 0.362 bits per heavy atom. The van der Waals surface area contributed by atoms with Gasteiger partial charge < -0.3 is 9.13 Å². The minimum Gasteiger partial charge on any atom is -0.341 e. The molecule has 3 heterocycles. The van der Waals surface area contributed by atoms with Crippen molar-refractivity contribution in [1.29, 1.82) is 0 Å². The van der Waals surface area contributed by atoms with Crippen LogP contribution >= 0.6 is 0 Å². The predicted octanol–water partition coefficient (Wildman–Crippen LogP) is 16.7. The Labute approximate surface area is 402 Å². The summed E-state index contributed by atoms with van der Waals surface area (Å²) in [5.41, 5.74) is 25.5. The van der Waals surface area contributed by atoms with Crippen molar-refractivity contribution in [1.82, 2.24) is 14.1 Å². The van der Waals surface area contributed by atoms with Crippen LogP contribution < -0.4 is 0 Å². The average Bonchev–Trinajstić information content (AvgIpc) is 4.14. The molecule has 0 saturated heterocycles. The standard InChI is InChI=1S/C66H49N3/c1-3-68-62-14-7-5-11-55(62)57-36-46(28-32-64(57)68)42-16-20-44(21-17-42)48-26-30-53-54-31-27-49(39-60(54)66(59(53)38-48)40-51-25-24-50(35-52(51)41-66)61-13-9-10-34-67-61)45-22-18-43(19-23-45)47-29-33-65-58(37-47)56-12-6-8-15-63(56)69(65)4-2/h5-39H,3-4,40-41H2,1-2H3. The Kier molecular flexibility index (Phi) is 8.89. The first kappa shape index (κ1) is 39.9. The molecule has 3 nitrogen and oxygen atoms in total. The molecule has 1 spiro atoms. The number of hydrogen-bond acceptors (Lipinski definition) is 1. The van der Waals surface area contributed by atoms with Crippen LogP contribution in [-0.4, -0.2) is 14.1 Å². The molecule has 2 aliphatic carbocycles. The topological polar surface area (TPSA) is 22.8 Å². The number of benzene rings is 9. The Morgan fingerprint density at radius 3 is 1.28 bits per heavy atom. The molecule has 2 aliphatic rings. The highest BCUT2D eigenvalue weighted by Crippen LogP contribution is 2.57. The SMILES string of the molecule is CCn1c2ccccc2c2cc(-c3ccc(-c4ccc5c(c4)C4(Cc6ccc(-c7ccccn7)cc6C4)c4cc(-c6ccc(-c7ccc8c(c7)c7ccccc7n8CC)cc6)ccc4-5)cc3)ccc21. The Morgan fingerprint density at radius 2 is 0.783 bits per heavy atom. The first-order valence-corrected chi connectivity index (χ1v) is 24.6. The number of aryl methyl sites for hydroxylation is 2. The van der Waals surface area contributed by atoms with Gasteiger partial charge in [-0.1, -0.05) is 140 Å². The van der Waals surface area contributed by atoms with Gasteiger partial charge in [0.1, 0.15) is 0 Å². The molecule has 0 amide bonds. The number of rotatable bonds is 7. The molecule has 0 atom stereocenters. The Hall–Kier alpha value is -8.27. The van der Waals surface area contributed by atoms with E-state index in [4.69, 9.17) is 4.98 Å². The van der Waals surface area contributed by atoms with Crippen LogP contribution in [0.1, 0.15) is 36.1 Å². The highest BCUT2D eigenvalue weighted by Gasteiger charge is 2.47. The Balaban J connectivity index is 0.832. The average molecular weight is 884 g/mol. The minimum atomic E-state index is -0.193. The molecular weight excluding hydrogens is 835 g/mol. The molecule has 328 valence electrons. The van der Waals surface area contributed by atoms with Crippen molar-refractivity contribution < 1.29 is 0 Å². The van der Waals surface area contributed by atoms with E-state index in [2.05, 4.69) is 223 Å². The summed E-state index contributed by atoms with van der Waals surface area (Å²) in [6.07, 6.45) is 3.80. The highest BCUT2D eigenvalue weighted by atomic mass is 15.0. The van der Waals surface area contributed by atoms with Crippen molar-refractivity contribution in [3.8, 4) is 66.9 Å². The first-order chi connectivity index (χ1) is 34.0. The van der Waals surface area contributed by atoms with Gasteiger partial charge in [-0.2, -0.15) is 0 Å². The summed E-state index contributed by atoms with van der Waals surface area (Å²) < 4.78 is 4.84. The zero-order valence-corrected chi connectivity index (χ0v) is 38.9. The van der Waals surface area contributed by atoms with E-state index >= 15 is 0 Å². The third-order valence-corrected chi connectivity index (χ3v) is 15.8. The van der Waals surface area contributed by atoms with E-state index in [9.17, 15) is 0 Å². The lowest BCUT2D eigenvalue weighted by Gasteiger charge is -2.27. The van der Waals surface area contributed by atoms with Gasteiger partial charge in [0.15, 0.2) is 0 Å². The molecule has 3 aromatic heterocycles. The third-order valence-electron chi connectivity index (χ3n) is 15.8. The summed E-state index contributed by atoms with van der Waals surface area (Å²) in [5, 5.41) is 5.25. The van der Waals surface area contributed by atoms with Crippen LogP contribution in [0.3, 0.4) is 0 Å². The van der Waals surface area contributed by atoms with Crippen LogP contribution in [0, 0.1) is 0 Å². The smallest absolute Gasteiger partial charge is 0.0702 e. The molecule has 0 fully saturated rings. The van der Waals surface area contributed by atoms with Crippen LogP contribution in [0.15, 0.2) is 212 Å². The summed E-state index contributed by atoms with van der Waals surface area (Å²) >= 11 is 0. The Bertz CT molecular complexity index is 3800. The van der Waals surface area contributed by atoms with Gasteiger partial charge in [0.25, 0.3) is 0 Å². The maximum atomic E-state index is 4.73. The molecule has 14 rings (SSSR count).